The fraction of sp³-hybridized carbons (Fsp3) is 0.800. The number of hydrogen-bond donors (Lipinski definition) is 0. The van der Waals surface area contributed by atoms with Gasteiger partial charge in [-0.3, -0.25) is 9.59 Å². The Morgan fingerprint density at radius 2 is 1.21 bits per heavy atom. The minimum Gasteiger partial charge on any atom is -0.466 e. The first-order chi connectivity index (χ1) is 6.79. The van der Waals surface area contributed by atoms with Gasteiger partial charge in [-0.05, 0) is 12.8 Å². The average Bonchev–Trinajstić information content (AvgIpc) is 2.14. The molecule has 1 rings (SSSR count). The second-order valence-electron chi connectivity index (χ2n) is 3.36. The van der Waals surface area contributed by atoms with Gasteiger partial charge < -0.3 is 9.47 Å². The average molecular weight is 200 g/mol. The number of ether oxygens (including phenoxy) is 2. The Bertz CT molecular complexity index is 162. The Balaban J connectivity index is 2.26. The Morgan fingerprint density at radius 3 is 1.71 bits per heavy atom. The highest BCUT2D eigenvalue weighted by Crippen LogP contribution is 2.06. The molecule has 4 nitrogen and oxygen atoms in total. The first kappa shape index (κ1) is 11.0. The Hall–Kier alpha value is -1.06. The molecule has 0 aromatic rings. The highest BCUT2D eigenvalue weighted by molar-refractivity contribution is 5.70. The van der Waals surface area contributed by atoms with Gasteiger partial charge in [-0.1, -0.05) is 6.42 Å². The summed E-state index contributed by atoms with van der Waals surface area (Å²) in [5, 5.41) is 0. The second kappa shape index (κ2) is 6.40. The lowest BCUT2D eigenvalue weighted by Gasteiger charge is -2.08. The van der Waals surface area contributed by atoms with Crippen LogP contribution in [0.4, 0.5) is 0 Å². The van der Waals surface area contributed by atoms with Crippen molar-refractivity contribution in [3.8, 4) is 0 Å². The number of esters is 2. The van der Waals surface area contributed by atoms with Crippen LogP contribution in [0.25, 0.3) is 0 Å². The molecule has 1 heterocycles. The predicted molar refractivity (Wildman–Crippen MR) is 49.6 cm³/mol. The van der Waals surface area contributed by atoms with Crippen molar-refractivity contribution >= 4 is 11.9 Å². The summed E-state index contributed by atoms with van der Waals surface area (Å²) in [7, 11) is 0. The van der Waals surface area contributed by atoms with Crippen LogP contribution in [0, 0.1) is 0 Å². The minimum atomic E-state index is -0.142. The summed E-state index contributed by atoms with van der Waals surface area (Å²) in [6.45, 7) is 0.707. The van der Waals surface area contributed by atoms with Gasteiger partial charge in [0.1, 0.15) is 0 Å². The van der Waals surface area contributed by atoms with E-state index in [-0.39, 0.29) is 11.9 Å². The molecule has 0 aromatic heterocycles. The Labute approximate surface area is 83.6 Å². The summed E-state index contributed by atoms with van der Waals surface area (Å²) >= 11 is 0. The van der Waals surface area contributed by atoms with Crippen LogP contribution in [-0.4, -0.2) is 25.2 Å². The molecule has 0 amide bonds. The molecule has 0 atom stereocenters. The molecule has 0 saturated carbocycles. The summed E-state index contributed by atoms with van der Waals surface area (Å²) in [4.78, 5) is 22.1. The van der Waals surface area contributed by atoms with Gasteiger partial charge in [0.25, 0.3) is 0 Å². The Morgan fingerprint density at radius 1 is 0.714 bits per heavy atom. The maximum atomic E-state index is 11.0. The van der Waals surface area contributed by atoms with Gasteiger partial charge in [-0.2, -0.15) is 0 Å². The number of hydrogen-bond acceptors (Lipinski definition) is 4. The Kier molecular flexibility index (Phi) is 5.04. The molecule has 80 valence electrons. The van der Waals surface area contributed by atoms with Gasteiger partial charge in [-0.25, -0.2) is 0 Å². The van der Waals surface area contributed by atoms with Crippen molar-refractivity contribution in [2.24, 2.45) is 0 Å². The molecule has 4 heteroatoms. The van der Waals surface area contributed by atoms with Gasteiger partial charge in [0.05, 0.1) is 13.2 Å². The number of carbonyl (C=O) groups is 2. The standard InChI is InChI=1S/C10H16O4/c11-9-5-2-1-3-6-10(12)14-8-4-7-13-9/h1-8H2. The maximum Gasteiger partial charge on any atom is 0.305 e. The van der Waals surface area contributed by atoms with Gasteiger partial charge in [-0.15, -0.1) is 0 Å². The van der Waals surface area contributed by atoms with E-state index in [1.807, 2.05) is 0 Å². The van der Waals surface area contributed by atoms with Crippen LogP contribution < -0.4 is 0 Å². The van der Waals surface area contributed by atoms with Gasteiger partial charge >= 0.3 is 11.9 Å². The van der Waals surface area contributed by atoms with Crippen molar-refractivity contribution in [2.45, 2.75) is 38.5 Å². The van der Waals surface area contributed by atoms with E-state index < -0.39 is 0 Å². The largest absolute Gasteiger partial charge is 0.466 e. The zero-order chi connectivity index (χ0) is 10.2. The first-order valence-corrected chi connectivity index (χ1v) is 5.10. The molecule has 0 unspecified atom stereocenters. The molecule has 14 heavy (non-hydrogen) atoms. The molecule has 0 bridgehead atoms. The van der Waals surface area contributed by atoms with Gasteiger partial charge in [0.2, 0.25) is 0 Å². The van der Waals surface area contributed by atoms with E-state index in [2.05, 4.69) is 0 Å². The molecular formula is C10H16O4. The summed E-state index contributed by atoms with van der Waals surface area (Å²) < 4.78 is 9.84. The number of carbonyl (C=O) groups excluding carboxylic acids is 2. The fourth-order valence-corrected chi connectivity index (χ4v) is 1.29. The van der Waals surface area contributed by atoms with Crippen molar-refractivity contribution in [1.82, 2.24) is 0 Å². The van der Waals surface area contributed by atoms with Crippen molar-refractivity contribution in [2.75, 3.05) is 13.2 Å². The molecule has 1 aliphatic rings. The molecule has 0 aromatic carbocycles. The molecular weight excluding hydrogens is 184 g/mol. The van der Waals surface area contributed by atoms with Crippen molar-refractivity contribution in [1.29, 1.82) is 0 Å². The van der Waals surface area contributed by atoms with Crippen LogP contribution >= 0.6 is 0 Å². The number of cyclic esters (lactones) is 2. The van der Waals surface area contributed by atoms with Crippen molar-refractivity contribution < 1.29 is 19.1 Å². The van der Waals surface area contributed by atoms with E-state index in [1.165, 1.54) is 0 Å². The highest BCUT2D eigenvalue weighted by Gasteiger charge is 2.07. The molecule has 0 N–H and O–H groups in total. The van der Waals surface area contributed by atoms with Crippen molar-refractivity contribution in [3.05, 3.63) is 0 Å². The summed E-state index contributed by atoms with van der Waals surface area (Å²) in [6.07, 6.45) is 4.00. The second-order valence-corrected chi connectivity index (χ2v) is 3.36. The van der Waals surface area contributed by atoms with Gasteiger partial charge in [0, 0.05) is 19.3 Å². The number of rotatable bonds is 0. The van der Waals surface area contributed by atoms with E-state index in [1.54, 1.807) is 0 Å². The zero-order valence-electron chi connectivity index (χ0n) is 8.29. The van der Waals surface area contributed by atoms with E-state index in [9.17, 15) is 9.59 Å². The summed E-state index contributed by atoms with van der Waals surface area (Å²) in [6, 6.07) is 0. The topological polar surface area (TPSA) is 52.6 Å². The maximum absolute atomic E-state index is 11.0. The van der Waals surface area contributed by atoms with Crippen LogP contribution in [0.5, 0.6) is 0 Å². The third-order valence-corrected chi connectivity index (χ3v) is 2.08. The SMILES string of the molecule is O=C1CCCCCC(=O)OCCCO1. The smallest absolute Gasteiger partial charge is 0.305 e. The summed E-state index contributed by atoms with van der Waals surface area (Å²) in [5.41, 5.74) is 0. The predicted octanol–water partition coefficient (Wildman–Crippen LogP) is 1.43. The molecule has 1 aliphatic heterocycles. The van der Waals surface area contributed by atoms with Crippen LogP contribution in [0.2, 0.25) is 0 Å². The molecule has 1 saturated heterocycles. The van der Waals surface area contributed by atoms with Gasteiger partial charge in [0.15, 0.2) is 0 Å². The van der Waals surface area contributed by atoms with Crippen LogP contribution in [-0.2, 0) is 19.1 Å². The highest BCUT2D eigenvalue weighted by atomic mass is 16.5. The van der Waals surface area contributed by atoms with Crippen LogP contribution in [0.15, 0.2) is 0 Å². The molecule has 0 aliphatic carbocycles. The molecule has 0 spiro atoms. The van der Waals surface area contributed by atoms with E-state index in [0.29, 0.717) is 32.5 Å². The van der Waals surface area contributed by atoms with E-state index in [4.69, 9.17) is 9.47 Å². The summed E-state index contributed by atoms with van der Waals surface area (Å²) in [5.74, 6) is -0.284. The lowest BCUT2D eigenvalue weighted by molar-refractivity contribution is -0.146. The quantitative estimate of drug-likeness (QED) is 0.555. The molecule has 1 fully saturated rings. The first-order valence-electron chi connectivity index (χ1n) is 5.10. The fourth-order valence-electron chi connectivity index (χ4n) is 1.29. The van der Waals surface area contributed by atoms with E-state index >= 15 is 0 Å². The lowest BCUT2D eigenvalue weighted by Crippen LogP contribution is -2.11. The third-order valence-electron chi connectivity index (χ3n) is 2.08. The molecule has 0 radical (unpaired) electrons. The van der Waals surface area contributed by atoms with E-state index in [0.717, 1.165) is 19.3 Å². The monoisotopic (exact) mass is 200 g/mol. The van der Waals surface area contributed by atoms with Crippen molar-refractivity contribution in [3.63, 3.8) is 0 Å². The van der Waals surface area contributed by atoms with Crippen LogP contribution in [0.1, 0.15) is 38.5 Å². The lowest BCUT2D eigenvalue weighted by atomic mass is 10.1. The normalized spacial score (nSPS) is 21.4. The minimum absolute atomic E-state index is 0.142. The zero-order valence-corrected chi connectivity index (χ0v) is 8.29. The van der Waals surface area contributed by atoms with Crippen LogP contribution in [0.3, 0.4) is 0 Å². The third kappa shape index (κ3) is 4.84.